The first-order valence-corrected chi connectivity index (χ1v) is 3.93. The lowest BCUT2D eigenvalue weighted by molar-refractivity contribution is -0.117. The Morgan fingerprint density at radius 2 is 1.90 bits per heavy atom. The fraction of sp³-hybridized carbons (Fsp3) is 1.00. The Morgan fingerprint density at radius 1 is 1.40 bits per heavy atom. The second kappa shape index (κ2) is 4.94. The normalized spacial score (nSPS) is 17.4. The van der Waals surface area contributed by atoms with E-state index in [1.165, 1.54) is 0 Å². The molecule has 2 unspecified atom stereocenters. The zero-order valence-electron chi connectivity index (χ0n) is 6.67. The van der Waals surface area contributed by atoms with Gasteiger partial charge >= 0.3 is 0 Å². The SMILES string of the molecule is CC(C)CC(O)OC(C)Cl. The maximum atomic E-state index is 9.08. The lowest BCUT2D eigenvalue weighted by atomic mass is 10.1. The lowest BCUT2D eigenvalue weighted by Gasteiger charge is -2.14. The molecule has 0 saturated heterocycles. The van der Waals surface area contributed by atoms with Gasteiger partial charge in [-0.25, -0.2) is 0 Å². The molecule has 0 fully saturated rings. The molecule has 10 heavy (non-hydrogen) atoms. The molecule has 0 spiro atoms. The zero-order valence-corrected chi connectivity index (χ0v) is 7.43. The van der Waals surface area contributed by atoms with Crippen LogP contribution in [0.5, 0.6) is 0 Å². The topological polar surface area (TPSA) is 29.5 Å². The summed E-state index contributed by atoms with van der Waals surface area (Å²) < 4.78 is 4.88. The molecular weight excluding hydrogens is 152 g/mol. The predicted molar refractivity (Wildman–Crippen MR) is 41.9 cm³/mol. The van der Waals surface area contributed by atoms with Crippen LogP contribution in [0.1, 0.15) is 27.2 Å². The Labute approximate surface area is 67.1 Å². The summed E-state index contributed by atoms with van der Waals surface area (Å²) in [7, 11) is 0. The Kier molecular flexibility index (Phi) is 5.04. The average molecular weight is 167 g/mol. The summed E-state index contributed by atoms with van der Waals surface area (Å²) in [5.41, 5.74) is -0.409. The van der Waals surface area contributed by atoms with Crippen LogP contribution in [0.15, 0.2) is 0 Å². The molecule has 0 saturated carbocycles. The summed E-state index contributed by atoms with van der Waals surface area (Å²) in [5, 5.41) is 9.08. The van der Waals surface area contributed by atoms with Crippen LogP contribution in [-0.2, 0) is 4.74 Å². The van der Waals surface area contributed by atoms with Crippen LogP contribution in [0, 0.1) is 5.92 Å². The van der Waals surface area contributed by atoms with Gasteiger partial charge in [-0.15, -0.1) is 0 Å². The summed E-state index contributed by atoms with van der Waals surface area (Å²) in [6, 6.07) is 0. The molecule has 0 heterocycles. The van der Waals surface area contributed by atoms with Crippen LogP contribution in [0.2, 0.25) is 0 Å². The minimum atomic E-state index is -0.715. The van der Waals surface area contributed by atoms with Crippen LogP contribution >= 0.6 is 11.6 Å². The van der Waals surface area contributed by atoms with Crippen molar-refractivity contribution in [1.29, 1.82) is 0 Å². The van der Waals surface area contributed by atoms with E-state index in [9.17, 15) is 0 Å². The van der Waals surface area contributed by atoms with Gasteiger partial charge in [-0.1, -0.05) is 25.4 Å². The third kappa shape index (κ3) is 6.33. The molecule has 0 bridgehead atoms. The van der Waals surface area contributed by atoms with Gasteiger partial charge < -0.3 is 9.84 Å². The number of alkyl halides is 1. The van der Waals surface area contributed by atoms with E-state index >= 15 is 0 Å². The minimum Gasteiger partial charge on any atom is -0.368 e. The Hall–Kier alpha value is 0.210. The van der Waals surface area contributed by atoms with Gasteiger partial charge in [0.2, 0.25) is 0 Å². The molecule has 0 aliphatic heterocycles. The van der Waals surface area contributed by atoms with Crippen LogP contribution in [0.4, 0.5) is 0 Å². The molecule has 2 atom stereocenters. The van der Waals surface area contributed by atoms with Crippen molar-refractivity contribution in [3.63, 3.8) is 0 Å². The molecule has 1 N–H and O–H groups in total. The van der Waals surface area contributed by atoms with Crippen LogP contribution < -0.4 is 0 Å². The average Bonchev–Trinajstić information content (AvgIpc) is 1.58. The van der Waals surface area contributed by atoms with Crippen molar-refractivity contribution in [3.8, 4) is 0 Å². The van der Waals surface area contributed by atoms with Crippen LogP contribution in [0.25, 0.3) is 0 Å². The summed E-state index contributed by atoms with van der Waals surface area (Å²) in [6.45, 7) is 5.72. The van der Waals surface area contributed by atoms with E-state index in [-0.39, 0.29) is 0 Å². The molecule has 0 amide bonds. The lowest BCUT2D eigenvalue weighted by Crippen LogP contribution is -2.17. The maximum Gasteiger partial charge on any atom is 0.156 e. The number of rotatable bonds is 4. The van der Waals surface area contributed by atoms with Crippen LogP contribution in [-0.4, -0.2) is 17.0 Å². The third-order valence-electron chi connectivity index (χ3n) is 1.02. The first-order valence-electron chi connectivity index (χ1n) is 3.50. The van der Waals surface area contributed by atoms with E-state index in [1.54, 1.807) is 6.92 Å². The smallest absolute Gasteiger partial charge is 0.156 e. The van der Waals surface area contributed by atoms with Crippen molar-refractivity contribution in [2.24, 2.45) is 5.92 Å². The summed E-state index contributed by atoms with van der Waals surface area (Å²) in [6.07, 6.45) is -0.0793. The van der Waals surface area contributed by atoms with Crippen molar-refractivity contribution in [3.05, 3.63) is 0 Å². The minimum absolute atomic E-state index is 0.409. The number of aliphatic hydroxyl groups excluding tert-OH is 1. The van der Waals surface area contributed by atoms with Crippen molar-refractivity contribution in [1.82, 2.24) is 0 Å². The molecule has 0 aromatic heterocycles. The van der Waals surface area contributed by atoms with Gasteiger partial charge in [0, 0.05) is 6.42 Å². The summed E-state index contributed by atoms with van der Waals surface area (Å²) >= 11 is 5.47. The third-order valence-corrected chi connectivity index (χ3v) is 1.12. The van der Waals surface area contributed by atoms with Gasteiger partial charge in [0.1, 0.15) is 5.56 Å². The monoisotopic (exact) mass is 166 g/mol. The van der Waals surface area contributed by atoms with Crippen molar-refractivity contribution >= 4 is 11.6 Å². The molecule has 0 aromatic carbocycles. The number of ether oxygens (including phenoxy) is 1. The van der Waals surface area contributed by atoms with Gasteiger partial charge in [-0.05, 0) is 12.8 Å². The van der Waals surface area contributed by atoms with Gasteiger partial charge in [0.05, 0.1) is 0 Å². The number of halogens is 1. The van der Waals surface area contributed by atoms with Gasteiger partial charge in [0.15, 0.2) is 6.29 Å². The molecule has 0 aliphatic carbocycles. The van der Waals surface area contributed by atoms with E-state index in [1.807, 2.05) is 13.8 Å². The molecule has 0 radical (unpaired) electrons. The molecule has 0 aromatic rings. The van der Waals surface area contributed by atoms with Gasteiger partial charge in [0.25, 0.3) is 0 Å². The molecule has 62 valence electrons. The first-order chi connectivity index (χ1) is 4.52. The maximum absolute atomic E-state index is 9.08. The van der Waals surface area contributed by atoms with Crippen molar-refractivity contribution < 1.29 is 9.84 Å². The Balaban J connectivity index is 3.34. The number of hydrogen-bond donors (Lipinski definition) is 1. The van der Waals surface area contributed by atoms with Gasteiger partial charge in [-0.3, -0.25) is 0 Å². The van der Waals surface area contributed by atoms with E-state index in [2.05, 4.69) is 0 Å². The molecule has 3 heteroatoms. The second-order valence-electron chi connectivity index (χ2n) is 2.76. The zero-order chi connectivity index (χ0) is 8.15. The summed E-state index contributed by atoms with van der Waals surface area (Å²) in [4.78, 5) is 0. The fourth-order valence-electron chi connectivity index (χ4n) is 0.675. The Bertz CT molecular complexity index is 73.7. The number of aliphatic hydroxyl groups is 1. The molecule has 0 aliphatic rings. The highest BCUT2D eigenvalue weighted by Gasteiger charge is 2.08. The Morgan fingerprint density at radius 3 is 2.20 bits per heavy atom. The predicted octanol–water partition coefficient (Wildman–Crippen LogP) is 1.95. The van der Waals surface area contributed by atoms with Crippen molar-refractivity contribution in [2.75, 3.05) is 0 Å². The molecule has 2 nitrogen and oxygen atoms in total. The van der Waals surface area contributed by atoms with Gasteiger partial charge in [-0.2, -0.15) is 0 Å². The standard InChI is InChI=1S/C7H15ClO2/c1-5(2)4-7(9)10-6(3)8/h5-7,9H,4H2,1-3H3. The number of hydrogen-bond acceptors (Lipinski definition) is 2. The van der Waals surface area contributed by atoms with E-state index in [4.69, 9.17) is 21.4 Å². The van der Waals surface area contributed by atoms with E-state index in [0.29, 0.717) is 12.3 Å². The molecular formula is C7H15ClO2. The fourth-order valence-corrected chi connectivity index (χ4v) is 0.794. The highest BCUT2D eigenvalue weighted by atomic mass is 35.5. The highest BCUT2D eigenvalue weighted by molar-refractivity contribution is 6.19. The highest BCUT2D eigenvalue weighted by Crippen LogP contribution is 2.08. The van der Waals surface area contributed by atoms with E-state index < -0.39 is 11.9 Å². The summed E-state index contributed by atoms with van der Waals surface area (Å²) in [5.74, 6) is 0.436. The second-order valence-corrected chi connectivity index (χ2v) is 3.38. The quantitative estimate of drug-likeness (QED) is 0.511. The van der Waals surface area contributed by atoms with E-state index in [0.717, 1.165) is 0 Å². The van der Waals surface area contributed by atoms with Crippen LogP contribution in [0.3, 0.4) is 0 Å². The largest absolute Gasteiger partial charge is 0.368 e. The molecule has 0 rings (SSSR count). The van der Waals surface area contributed by atoms with Crippen molar-refractivity contribution in [2.45, 2.75) is 39.0 Å². The first kappa shape index (κ1) is 10.2.